The van der Waals surface area contributed by atoms with E-state index < -0.39 is 0 Å². The molecule has 0 radical (unpaired) electrons. The Morgan fingerprint density at radius 2 is 1.83 bits per heavy atom. The molecule has 0 unspecified atom stereocenters. The maximum atomic E-state index is 12.8. The largest absolute Gasteiger partial charge is 0.270 e. The number of carbonyl (C=O) groups is 1. The molecule has 1 aliphatic heterocycles. The summed E-state index contributed by atoms with van der Waals surface area (Å²) in [6.07, 6.45) is 1.88. The third-order valence-corrected chi connectivity index (χ3v) is 5.39. The van der Waals surface area contributed by atoms with Crippen molar-refractivity contribution in [2.24, 2.45) is 0 Å². The maximum absolute atomic E-state index is 12.8. The molecule has 2 aromatic carbocycles. The first-order valence-electron chi connectivity index (χ1n) is 7.06. The molecule has 0 aliphatic carbocycles. The molecule has 0 spiro atoms. The number of rotatable bonds is 2. The van der Waals surface area contributed by atoms with Crippen LogP contribution in [0.3, 0.4) is 0 Å². The van der Waals surface area contributed by atoms with Crippen molar-refractivity contribution in [2.45, 2.75) is 13.8 Å². The third-order valence-electron chi connectivity index (χ3n) is 3.55. The minimum atomic E-state index is -0.0603. The lowest BCUT2D eigenvalue weighted by atomic mass is 10.1. The van der Waals surface area contributed by atoms with E-state index in [0.717, 1.165) is 21.3 Å². The number of hydrogen-bond acceptors (Lipinski definition) is 3. The molecular weight excluding hydrogens is 390 g/mol. The highest BCUT2D eigenvalue weighted by Gasteiger charge is 2.33. The van der Waals surface area contributed by atoms with Crippen molar-refractivity contribution < 1.29 is 4.79 Å². The zero-order valence-corrected chi connectivity index (χ0v) is 15.9. The number of nitrogens with zero attached hydrogens (tertiary/aromatic N) is 1. The van der Waals surface area contributed by atoms with E-state index in [-0.39, 0.29) is 5.91 Å². The molecular formula is C18H14BrNOS2. The van der Waals surface area contributed by atoms with Crippen LogP contribution in [0.1, 0.15) is 16.7 Å². The van der Waals surface area contributed by atoms with Crippen LogP contribution in [0.2, 0.25) is 0 Å². The van der Waals surface area contributed by atoms with Gasteiger partial charge in [-0.15, -0.1) is 0 Å². The van der Waals surface area contributed by atoms with E-state index in [9.17, 15) is 4.79 Å². The van der Waals surface area contributed by atoms with E-state index in [4.69, 9.17) is 12.2 Å². The fourth-order valence-electron chi connectivity index (χ4n) is 2.44. The molecule has 1 heterocycles. The summed E-state index contributed by atoms with van der Waals surface area (Å²) in [5.41, 5.74) is 4.06. The van der Waals surface area contributed by atoms with Crippen molar-refractivity contribution in [1.29, 1.82) is 0 Å². The van der Waals surface area contributed by atoms with Crippen molar-refractivity contribution in [3.63, 3.8) is 0 Å². The minimum absolute atomic E-state index is 0.0603. The van der Waals surface area contributed by atoms with Crippen LogP contribution in [-0.2, 0) is 4.79 Å². The molecule has 0 aromatic heterocycles. The van der Waals surface area contributed by atoms with Gasteiger partial charge in [0.2, 0.25) is 0 Å². The zero-order valence-electron chi connectivity index (χ0n) is 12.7. The van der Waals surface area contributed by atoms with Crippen LogP contribution in [0, 0.1) is 13.8 Å². The Balaban J connectivity index is 1.95. The summed E-state index contributed by atoms with van der Waals surface area (Å²) < 4.78 is 1.59. The predicted molar refractivity (Wildman–Crippen MR) is 106 cm³/mol. The molecule has 23 heavy (non-hydrogen) atoms. The Morgan fingerprint density at radius 3 is 2.48 bits per heavy atom. The second-order valence-electron chi connectivity index (χ2n) is 5.36. The van der Waals surface area contributed by atoms with E-state index in [1.54, 1.807) is 4.90 Å². The summed E-state index contributed by atoms with van der Waals surface area (Å²) in [7, 11) is 0. The van der Waals surface area contributed by atoms with Crippen LogP contribution in [-0.4, -0.2) is 10.2 Å². The number of amides is 1. The van der Waals surface area contributed by atoms with E-state index in [2.05, 4.69) is 22.0 Å². The molecule has 2 aromatic rings. The lowest BCUT2D eigenvalue weighted by Gasteiger charge is -2.17. The summed E-state index contributed by atoms with van der Waals surface area (Å²) in [4.78, 5) is 15.0. The maximum Gasteiger partial charge on any atom is 0.270 e. The van der Waals surface area contributed by atoms with Crippen molar-refractivity contribution in [3.05, 3.63) is 68.5 Å². The number of carbonyl (C=O) groups excluding carboxylic acids is 1. The monoisotopic (exact) mass is 403 g/mol. The average molecular weight is 404 g/mol. The van der Waals surface area contributed by atoms with Gasteiger partial charge in [-0.05, 0) is 49.2 Å². The molecule has 3 rings (SSSR count). The summed E-state index contributed by atoms with van der Waals surface area (Å²) in [6.45, 7) is 4.04. The Labute approximate surface area is 153 Å². The first-order chi connectivity index (χ1) is 11.0. The number of thioether (sulfide) groups is 1. The Hall–Kier alpha value is -1.43. The van der Waals surface area contributed by atoms with Gasteiger partial charge in [-0.3, -0.25) is 9.69 Å². The molecule has 0 bridgehead atoms. The first-order valence-corrected chi connectivity index (χ1v) is 9.08. The Morgan fingerprint density at radius 1 is 1.13 bits per heavy atom. The molecule has 0 atom stereocenters. The van der Waals surface area contributed by atoms with E-state index in [0.29, 0.717) is 9.23 Å². The molecule has 0 N–H and O–H groups in total. The molecule has 2 nitrogen and oxygen atoms in total. The first kappa shape index (κ1) is 16.4. The van der Waals surface area contributed by atoms with E-state index >= 15 is 0 Å². The summed E-state index contributed by atoms with van der Waals surface area (Å²) in [6, 6.07) is 13.9. The van der Waals surface area contributed by atoms with E-state index in [1.165, 1.54) is 17.3 Å². The zero-order chi connectivity index (χ0) is 16.6. The van der Waals surface area contributed by atoms with E-state index in [1.807, 2.05) is 56.3 Å². The summed E-state index contributed by atoms with van der Waals surface area (Å²) in [5, 5.41) is 0. The van der Waals surface area contributed by atoms with Gasteiger partial charge in [0.25, 0.3) is 5.91 Å². The van der Waals surface area contributed by atoms with Gasteiger partial charge in [-0.25, -0.2) is 0 Å². The van der Waals surface area contributed by atoms with Crippen LogP contribution < -0.4 is 4.90 Å². The second-order valence-corrected chi connectivity index (χ2v) is 7.95. The minimum Gasteiger partial charge on any atom is -0.268 e. The van der Waals surface area contributed by atoms with Crippen LogP contribution in [0.25, 0.3) is 6.08 Å². The van der Waals surface area contributed by atoms with Crippen LogP contribution in [0.4, 0.5) is 5.69 Å². The fourth-order valence-corrected chi connectivity index (χ4v) is 3.99. The van der Waals surface area contributed by atoms with Gasteiger partial charge in [0.05, 0.1) is 10.6 Å². The van der Waals surface area contributed by atoms with Crippen LogP contribution in [0.5, 0.6) is 0 Å². The highest BCUT2D eigenvalue weighted by atomic mass is 79.9. The number of halogens is 1. The summed E-state index contributed by atoms with van der Waals surface area (Å²) >= 11 is 10.2. The molecule has 1 fully saturated rings. The number of thiocarbonyl (C=S) groups is 1. The molecule has 5 heteroatoms. The van der Waals surface area contributed by atoms with Crippen molar-refractivity contribution in [2.75, 3.05) is 4.90 Å². The van der Waals surface area contributed by atoms with Crippen molar-refractivity contribution in [3.8, 4) is 0 Å². The Kier molecular flexibility index (Phi) is 4.71. The number of anilines is 1. The third kappa shape index (κ3) is 3.42. The quantitative estimate of drug-likeness (QED) is 0.489. The van der Waals surface area contributed by atoms with Crippen LogP contribution in [0.15, 0.2) is 51.8 Å². The molecule has 1 saturated heterocycles. The lowest BCUT2D eigenvalue weighted by molar-refractivity contribution is -0.113. The van der Waals surface area contributed by atoms with Gasteiger partial charge in [0.15, 0.2) is 4.32 Å². The van der Waals surface area contributed by atoms with Gasteiger partial charge in [-0.1, -0.05) is 69.7 Å². The fraction of sp³-hybridized carbons (Fsp3) is 0.111. The Bertz CT molecular complexity index is 827. The van der Waals surface area contributed by atoms with Gasteiger partial charge in [0, 0.05) is 4.47 Å². The van der Waals surface area contributed by atoms with Crippen LogP contribution >= 0.6 is 39.9 Å². The van der Waals surface area contributed by atoms with Gasteiger partial charge in [-0.2, -0.15) is 0 Å². The van der Waals surface area contributed by atoms with Gasteiger partial charge < -0.3 is 0 Å². The number of benzene rings is 2. The van der Waals surface area contributed by atoms with Crippen molar-refractivity contribution >= 4 is 61.9 Å². The lowest BCUT2D eigenvalue weighted by Crippen LogP contribution is -2.28. The smallest absolute Gasteiger partial charge is 0.268 e. The normalized spacial score (nSPS) is 16.5. The standard InChI is InChI=1S/C18H14BrNOS2/c1-11-3-8-15(12(2)9-11)20-17(21)16(23-18(20)22)10-13-4-6-14(19)7-5-13/h3-10H,1-2H3. The number of hydrogen-bond donors (Lipinski definition) is 0. The molecule has 0 saturated carbocycles. The molecule has 1 aliphatic rings. The second kappa shape index (κ2) is 6.59. The van der Waals surface area contributed by atoms with Gasteiger partial charge >= 0.3 is 0 Å². The predicted octanol–water partition coefficient (Wildman–Crippen LogP) is 5.47. The molecule has 116 valence electrons. The van der Waals surface area contributed by atoms with Crippen molar-refractivity contribution in [1.82, 2.24) is 0 Å². The molecule has 1 amide bonds. The SMILES string of the molecule is Cc1ccc(N2C(=O)C(=Cc3ccc(Br)cc3)SC2=S)c(C)c1. The highest BCUT2D eigenvalue weighted by molar-refractivity contribution is 9.10. The highest BCUT2D eigenvalue weighted by Crippen LogP contribution is 2.37. The topological polar surface area (TPSA) is 20.3 Å². The van der Waals surface area contributed by atoms with Gasteiger partial charge in [0.1, 0.15) is 0 Å². The average Bonchev–Trinajstić information content (AvgIpc) is 2.77. The summed E-state index contributed by atoms with van der Waals surface area (Å²) in [5.74, 6) is -0.0603. The number of aryl methyl sites for hydroxylation is 2.